The molecule has 1 saturated heterocycles. The normalized spacial score (nSPS) is 18.3. The van der Waals surface area contributed by atoms with Gasteiger partial charge in [-0.1, -0.05) is 6.07 Å². The van der Waals surface area contributed by atoms with Gasteiger partial charge in [0.1, 0.15) is 11.9 Å². The van der Waals surface area contributed by atoms with E-state index in [-0.39, 0.29) is 74.7 Å². The van der Waals surface area contributed by atoms with Crippen molar-refractivity contribution < 1.29 is 81.3 Å². The Labute approximate surface area is 253 Å². The summed E-state index contributed by atoms with van der Waals surface area (Å²) in [5.74, 6) is 0.950. The third-order valence-corrected chi connectivity index (χ3v) is 5.24. The molecule has 1 aliphatic heterocycles. The van der Waals surface area contributed by atoms with E-state index in [2.05, 4.69) is 10.7 Å². The predicted octanol–water partition coefficient (Wildman–Crippen LogP) is 2.94. The van der Waals surface area contributed by atoms with Crippen LogP contribution in [0.4, 0.5) is 11.4 Å². The van der Waals surface area contributed by atoms with Gasteiger partial charge in [-0.15, -0.1) is 12.3 Å². The van der Waals surface area contributed by atoms with E-state index in [9.17, 15) is 34.9 Å². The van der Waals surface area contributed by atoms with E-state index >= 15 is 0 Å². The van der Waals surface area contributed by atoms with Crippen LogP contribution in [0.1, 0.15) is 37.9 Å². The average molecular weight is 635 g/mol. The predicted molar refractivity (Wildman–Crippen MR) is 132 cm³/mol. The number of phenolic OH excluding ortho intramolecular Hbond substituents is 1. The summed E-state index contributed by atoms with van der Waals surface area (Å²) >= 11 is 0. The van der Waals surface area contributed by atoms with Gasteiger partial charge in [0.25, 0.3) is 5.69 Å². The monoisotopic (exact) mass is 635 g/mol. The number of carbonyl (C=O) groups excluding carboxylic acids is 2. The molecule has 4 unspecified atom stereocenters. The van der Waals surface area contributed by atoms with E-state index in [0.29, 0.717) is 0 Å². The molecule has 0 bridgehead atoms. The zero-order valence-electron chi connectivity index (χ0n) is 21.5. The van der Waals surface area contributed by atoms with E-state index in [0.717, 1.165) is 6.07 Å². The summed E-state index contributed by atoms with van der Waals surface area (Å²) in [7, 11) is 1.18. The number of hydrogen-bond acceptors (Lipinski definition) is 12. The second-order valence-corrected chi connectivity index (χ2v) is 8.08. The van der Waals surface area contributed by atoms with E-state index < -0.39 is 52.1 Å². The molecule has 1 heterocycles. The summed E-state index contributed by atoms with van der Waals surface area (Å²) in [5, 5.41) is 40.1. The Kier molecular flexibility index (Phi) is 14.2. The maximum atomic E-state index is 11.9. The SMILES string of the molecule is C#CCC(O)c1ccc(OC2CC(OC(C)=O)CC(C(=O)OC)O2)c([N+](=O)[O-])c1.O=[N+]([O-])c1ccc(O)cc1.[Y]. The summed E-state index contributed by atoms with van der Waals surface area (Å²) in [6.07, 6.45) is 1.38. The number of ether oxygens (including phenoxy) is 4. The summed E-state index contributed by atoms with van der Waals surface area (Å²) in [5.41, 5.74) is -0.166. The van der Waals surface area contributed by atoms with Crippen molar-refractivity contribution >= 4 is 23.3 Å². The van der Waals surface area contributed by atoms with Gasteiger partial charge in [0.15, 0.2) is 11.9 Å². The number of esters is 2. The Morgan fingerprint density at radius 3 is 2.33 bits per heavy atom. The molecule has 4 atom stereocenters. The van der Waals surface area contributed by atoms with Crippen molar-refractivity contribution in [2.24, 2.45) is 0 Å². The van der Waals surface area contributed by atoms with Gasteiger partial charge in [0.05, 0.1) is 23.1 Å². The number of aliphatic hydroxyl groups is 1. The molecular formula is C25H26N2O12Y. The molecule has 2 aromatic carbocycles. The molecule has 40 heavy (non-hydrogen) atoms. The number of rotatable bonds is 8. The van der Waals surface area contributed by atoms with Crippen molar-refractivity contribution in [2.45, 2.75) is 50.8 Å². The van der Waals surface area contributed by atoms with Crippen LogP contribution in [-0.4, -0.2) is 57.6 Å². The zero-order valence-corrected chi connectivity index (χ0v) is 24.3. The molecule has 0 spiro atoms. The molecule has 15 heteroatoms. The fourth-order valence-corrected chi connectivity index (χ4v) is 3.46. The van der Waals surface area contributed by atoms with Crippen molar-refractivity contribution in [3.8, 4) is 23.8 Å². The number of carbonyl (C=O) groups is 2. The summed E-state index contributed by atoms with van der Waals surface area (Å²) < 4.78 is 20.9. The molecule has 1 fully saturated rings. The van der Waals surface area contributed by atoms with E-state index in [1.54, 1.807) is 0 Å². The molecular weight excluding hydrogens is 609 g/mol. The first-order chi connectivity index (χ1) is 18.4. The fraction of sp³-hybridized carbons (Fsp3) is 0.360. The molecule has 0 saturated carbocycles. The Hall–Kier alpha value is -3.64. The van der Waals surface area contributed by atoms with Crippen molar-refractivity contribution in [1.82, 2.24) is 0 Å². The second-order valence-electron chi connectivity index (χ2n) is 8.08. The number of benzene rings is 2. The van der Waals surface area contributed by atoms with Gasteiger partial charge in [-0.25, -0.2) is 4.79 Å². The van der Waals surface area contributed by atoms with Crippen molar-refractivity contribution in [2.75, 3.05) is 7.11 Å². The van der Waals surface area contributed by atoms with Crippen LogP contribution >= 0.6 is 0 Å². The molecule has 2 aromatic rings. The quantitative estimate of drug-likeness (QED) is 0.186. The molecule has 0 amide bonds. The first-order valence-corrected chi connectivity index (χ1v) is 11.4. The largest absolute Gasteiger partial charge is 0.508 e. The molecule has 211 valence electrons. The van der Waals surface area contributed by atoms with Gasteiger partial charge in [-0.2, -0.15) is 0 Å². The first kappa shape index (κ1) is 34.4. The number of methoxy groups -OCH3 is 1. The Bertz CT molecular complexity index is 1230. The minimum Gasteiger partial charge on any atom is -0.508 e. The smallest absolute Gasteiger partial charge is 0.335 e. The van der Waals surface area contributed by atoms with Gasteiger partial charge >= 0.3 is 17.6 Å². The Morgan fingerprint density at radius 2 is 1.80 bits per heavy atom. The van der Waals surface area contributed by atoms with Crippen LogP contribution in [0.5, 0.6) is 11.5 Å². The van der Waals surface area contributed by atoms with Gasteiger partial charge in [-0.05, 0) is 23.8 Å². The number of terminal acetylenes is 1. The third-order valence-electron chi connectivity index (χ3n) is 5.24. The van der Waals surface area contributed by atoms with Gasteiger partial charge in [-0.3, -0.25) is 25.0 Å². The Morgan fingerprint density at radius 1 is 1.15 bits per heavy atom. The summed E-state index contributed by atoms with van der Waals surface area (Å²) in [6.45, 7) is 1.23. The maximum absolute atomic E-state index is 11.9. The molecule has 0 aromatic heterocycles. The van der Waals surface area contributed by atoms with Crippen LogP contribution < -0.4 is 4.74 Å². The first-order valence-electron chi connectivity index (χ1n) is 11.4. The number of aliphatic hydroxyl groups excluding tert-OH is 1. The summed E-state index contributed by atoms with van der Waals surface area (Å²) in [4.78, 5) is 43.4. The van der Waals surface area contributed by atoms with Gasteiger partial charge < -0.3 is 29.2 Å². The molecule has 2 N–H and O–H groups in total. The van der Waals surface area contributed by atoms with Gasteiger partial charge in [0.2, 0.25) is 6.29 Å². The van der Waals surface area contributed by atoms with Crippen LogP contribution in [-0.2, 0) is 56.5 Å². The van der Waals surface area contributed by atoms with E-state index in [1.165, 1.54) is 50.4 Å². The van der Waals surface area contributed by atoms with Crippen LogP contribution in [0.25, 0.3) is 0 Å². The van der Waals surface area contributed by atoms with E-state index in [4.69, 9.17) is 25.7 Å². The maximum Gasteiger partial charge on any atom is 0.335 e. The number of aromatic hydroxyl groups is 1. The van der Waals surface area contributed by atoms with Crippen LogP contribution in [0.2, 0.25) is 0 Å². The minimum atomic E-state index is -1.10. The van der Waals surface area contributed by atoms with Crippen molar-refractivity contribution in [1.29, 1.82) is 0 Å². The molecule has 1 aliphatic rings. The number of hydrogen-bond donors (Lipinski definition) is 2. The average Bonchev–Trinajstić information content (AvgIpc) is 2.88. The second kappa shape index (κ2) is 16.5. The molecule has 0 aliphatic carbocycles. The van der Waals surface area contributed by atoms with Crippen molar-refractivity contribution in [3.05, 3.63) is 68.3 Å². The topological polar surface area (TPSA) is 198 Å². The molecule has 3 rings (SSSR count). The summed E-state index contributed by atoms with van der Waals surface area (Å²) in [6, 6.07) is 8.94. The number of nitrogens with zero attached hydrogens (tertiary/aromatic N) is 2. The number of non-ortho nitro benzene ring substituents is 1. The van der Waals surface area contributed by atoms with Crippen LogP contribution in [0.3, 0.4) is 0 Å². The fourth-order valence-electron chi connectivity index (χ4n) is 3.46. The van der Waals surface area contributed by atoms with Crippen molar-refractivity contribution in [3.63, 3.8) is 0 Å². The third kappa shape index (κ3) is 10.5. The zero-order chi connectivity index (χ0) is 29.1. The minimum absolute atomic E-state index is 0. The standard InChI is InChI=1S/C19H21NO9.C6H5NO3.Y/c1-4-5-15(22)12-6-7-16(14(8-12)20(24)25)28-18-10-13(27-11(2)21)9-17(29-18)19(23)26-3;8-6-3-1-5(2-4-6)7(9)10;/h1,6-8,13,15,17-18,22H,5,9-10H2,2-3H3;1-4,8H;. The number of nitro groups is 2. The van der Waals surface area contributed by atoms with E-state index in [1.807, 2.05) is 0 Å². The van der Waals surface area contributed by atoms with Gasteiger partial charge in [0, 0.05) is 77.1 Å². The number of nitro benzene ring substituents is 2. The Balaban J connectivity index is 0.000000612. The van der Waals surface area contributed by atoms with Crippen LogP contribution in [0, 0.1) is 32.6 Å². The molecule has 14 nitrogen and oxygen atoms in total. The van der Waals surface area contributed by atoms with Crippen LogP contribution in [0.15, 0.2) is 42.5 Å². The molecule has 1 radical (unpaired) electrons. The number of phenols is 1.